The molecule has 0 radical (unpaired) electrons. The maximum atomic E-state index is 11.8. The van der Waals surface area contributed by atoms with Crippen molar-refractivity contribution in [3.63, 3.8) is 0 Å². The number of esters is 1. The van der Waals surface area contributed by atoms with E-state index in [-0.39, 0.29) is 5.97 Å². The van der Waals surface area contributed by atoms with Crippen molar-refractivity contribution < 1.29 is 9.53 Å². The third-order valence-corrected chi connectivity index (χ3v) is 4.64. The maximum absolute atomic E-state index is 11.8. The van der Waals surface area contributed by atoms with E-state index in [1.807, 2.05) is 17.5 Å². The molecule has 18 heavy (non-hydrogen) atoms. The second kappa shape index (κ2) is 8.59. The number of carbonyl (C=O) groups is 1. The molecule has 4 heteroatoms. The van der Waals surface area contributed by atoms with Gasteiger partial charge in [0.25, 0.3) is 0 Å². The van der Waals surface area contributed by atoms with Crippen molar-refractivity contribution >= 4 is 29.9 Å². The Bertz CT molecular complexity index is 336. The van der Waals surface area contributed by atoms with Crippen LogP contribution < -0.4 is 0 Å². The Kier molecular flexibility index (Phi) is 7.44. The monoisotopic (exact) mass is 286 g/mol. The van der Waals surface area contributed by atoms with Gasteiger partial charge in [0, 0.05) is 4.88 Å². The van der Waals surface area contributed by atoms with E-state index in [4.69, 9.17) is 4.74 Å². The standard InChI is InChI=1S/C14H22O2S2/c1-3-5-7-11(4-2)10-16-14(15)13(17)12-8-6-9-18-12/h6,8-9,11,13,17H,3-5,7,10H2,1-2H3. The van der Waals surface area contributed by atoms with Crippen LogP contribution in [0.3, 0.4) is 0 Å². The van der Waals surface area contributed by atoms with Crippen molar-refractivity contribution in [2.45, 2.75) is 44.8 Å². The molecule has 0 amide bonds. The predicted octanol–water partition coefficient (Wildman–Crippen LogP) is 4.48. The van der Waals surface area contributed by atoms with Crippen molar-refractivity contribution in [3.05, 3.63) is 22.4 Å². The van der Waals surface area contributed by atoms with Gasteiger partial charge in [0.2, 0.25) is 0 Å². The van der Waals surface area contributed by atoms with E-state index in [0.717, 1.165) is 17.7 Å². The average molecular weight is 286 g/mol. The molecular weight excluding hydrogens is 264 g/mol. The van der Waals surface area contributed by atoms with Crippen molar-refractivity contribution in [2.24, 2.45) is 5.92 Å². The number of thiol groups is 1. The highest BCUT2D eigenvalue weighted by molar-refractivity contribution is 7.81. The Balaban J connectivity index is 2.35. The van der Waals surface area contributed by atoms with Crippen LogP contribution in [-0.4, -0.2) is 12.6 Å². The first kappa shape index (κ1) is 15.6. The molecule has 1 heterocycles. The SMILES string of the molecule is CCCCC(CC)COC(=O)C(S)c1cccs1. The lowest BCUT2D eigenvalue weighted by Crippen LogP contribution is -2.16. The van der Waals surface area contributed by atoms with Crippen molar-refractivity contribution in [1.29, 1.82) is 0 Å². The quantitative estimate of drug-likeness (QED) is 0.563. The number of rotatable bonds is 8. The number of hydrogen-bond acceptors (Lipinski definition) is 4. The summed E-state index contributed by atoms with van der Waals surface area (Å²) < 4.78 is 5.37. The number of thiophene rings is 1. The molecule has 102 valence electrons. The summed E-state index contributed by atoms with van der Waals surface area (Å²) >= 11 is 5.85. The van der Waals surface area contributed by atoms with Gasteiger partial charge < -0.3 is 4.74 Å². The molecule has 0 saturated heterocycles. The summed E-state index contributed by atoms with van der Waals surface area (Å²) in [5, 5.41) is 1.51. The Morgan fingerprint density at radius 2 is 2.28 bits per heavy atom. The smallest absolute Gasteiger partial charge is 0.324 e. The summed E-state index contributed by atoms with van der Waals surface area (Å²) in [6.07, 6.45) is 4.58. The number of carbonyl (C=O) groups excluding carboxylic acids is 1. The second-order valence-electron chi connectivity index (χ2n) is 4.46. The van der Waals surface area contributed by atoms with Crippen LogP contribution >= 0.6 is 24.0 Å². The lowest BCUT2D eigenvalue weighted by Gasteiger charge is -2.16. The molecule has 0 aliphatic heterocycles. The lowest BCUT2D eigenvalue weighted by molar-refractivity contribution is -0.144. The molecule has 1 aromatic heterocycles. The van der Waals surface area contributed by atoms with Crippen molar-refractivity contribution in [2.75, 3.05) is 6.61 Å². The topological polar surface area (TPSA) is 26.3 Å². The fourth-order valence-corrected chi connectivity index (χ4v) is 2.78. The highest BCUT2D eigenvalue weighted by Crippen LogP contribution is 2.26. The molecule has 0 aromatic carbocycles. The summed E-state index contributed by atoms with van der Waals surface area (Å²) in [7, 11) is 0. The van der Waals surface area contributed by atoms with Crippen LogP contribution in [0.4, 0.5) is 0 Å². The van der Waals surface area contributed by atoms with Gasteiger partial charge in [-0.05, 0) is 23.8 Å². The van der Waals surface area contributed by atoms with Crippen LogP contribution in [0.5, 0.6) is 0 Å². The third kappa shape index (κ3) is 5.02. The molecule has 0 spiro atoms. The molecule has 0 saturated carbocycles. The fraction of sp³-hybridized carbons (Fsp3) is 0.643. The van der Waals surface area contributed by atoms with Crippen LogP contribution in [0, 0.1) is 5.92 Å². The number of ether oxygens (including phenoxy) is 1. The average Bonchev–Trinajstić information content (AvgIpc) is 2.91. The fourth-order valence-electron chi connectivity index (χ4n) is 1.74. The summed E-state index contributed by atoms with van der Waals surface area (Å²) in [6, 6.07) is 3.84. The first-order valence-electron chi connectivity index (χ1n) is 6.57. The summed E-state index contributed by atoms with van der Waals surface area (Å²) in [5.41, 5.74) is 0. The van der Waals surface area contributed by atoms with E-state index >= 15 is 0 Å². The second-order valence-corrected chi connectivity index (χ2v) is 5.96. The van der Waals surface area contributed by atoms with Gasteiger partial charge in [-0.25, -0.2) is 0 Å². The largest absolute Gasteiger partial charge is 0.464 e. The number of unbranched alkanes of at least 4 members (excludes halogenated alkanes) is 1. The molecule has 1 aromatic rings. The first-order chi connectivity index (χ1) is 8.69. The highest BCUT2D eigenvalue weighted by Gasteiger charge is 2.19. The number of hydrogen-bond donors (Lipinski definition) is 1. The first-order valence-corrected chi connectivity index (χ1v) is 7.96. The van der Waals surface area contributed by atoms with Gasteiger partial charge in [-0.3, -0.25) is 4.79 Å². The van der Waals surface area contributed by atoms with Crippen LogP contribution in [0.25, 0.3) is 0 Å². The van der Waals surface area contributed by atoms with E-state index in [1.165, 1.54) is 24.2 Å². The summed E-state index contributed by atoms with van der Waals surface area (Å²) in [5.74, 6) is 0.258. The Morgan fingerprint density at radius 3 is 2.83 bits per heavy atom. The molecule has 1 rings (SSSR count). The van der Waals surface area contributed by atoms with Crippen LogP contribution in [0.2, 0.25) is 0 Å². The molecule has 2 nitrogen and oxygen atoms in total. The van der Waals surface area contributed by atoms with Crippen LogP contribution in [-0.2, 0) is 9.53 Å². The normalized spacial score (nSPS) is 14.2. The maximum Gasteiger partial charge on any atom is 0.324 e. The Hall–Kier alpha value is -0.480. The zero-order valence-electron chi connectivity index (χ0n) is 11.1. The van der Waals surface area contributed by atoms with E-state index in [1.54, 1.807) is 0 Å². The zero-order valence-corrected chi connectivity index (χ0v) is 12.8. The molecule has 0 fully saturated rings. The van der Waals surface area contributed by atoms with Gasteiger partial charge in [-0.1, -0.05) is 39.2 Å². The van der Waals surface area contributed by atoms with Gasteiger partial charge in [0.15, 0.2) is 0 Å². The molecule has 0 bridgehead atoms. The lowest BCUT2D eigenvalue weighted by atomic mass is 10.0. The van der Waals surface area contributed by atoms with E-state index in [9.17, 15) is 4.79 Å². The molecule has 0 aliphatic rings. The van der Waals surface area contributed by atoms with Gasteiger partial charge in [0.05, 0.1) is 6.61 Å². The zero-order chi connectivity index (χ0) is 13.4. The van der Waals surface area contributed by atoms with Gasteiger partial charge in [0.1, 0.15) is 5.25 Å². The molecule has 2 atom stereocenters. The minimum atomic E-state index is -0.436. The van der Waals surface area contributed by atoms with Crippen molar-refractivity contribution in [3.8, 4) is 0 Å². The van der Waals surface area contributed by atoms with Gasteiger partial charge >= 0.3 is 5.97 Å². The minimum Gasteiger partial charge on any atom is -0.464 e. The van der Waals surface area contributed by atoms with Gasteiger partial charge in [-0.15, -0.1) is 11.3 Å². The highest BCUT2D eigenvalue weighted by atomic mass is 32.1. The van der Waals surface area contributed by atoms with Gasteiger partial charge in [-0.2, -0.15) is 12.6 Å². The molecule has 0 aliphatic carbocycles. The van der Waals surface area contributed by atoms with Crippen LogP contribution in [0.15, 0.2) is 17.5 Å². The van der Waals surface area contributed by atoms with Crippen molar-refractivity contribution in [1.82, 2.24) is 0 Å². The summed E-state index contributed by atoms with van der Waals surface area (Å²) in [6.45, 7) is 4.85. The predicted molar refractivity (Wildman–Crippen MR) is 80.3 cm³/mol. The Morgan fingerprint density at radius 1 is 1.50 bits per heavy atom. The molecule has 2 unspecified atom stereocenters. The summed E-state index contributed by atoms with van der Waals surface area (Å²) in [4.78, 5) is 12.8. The van der Waals surface area contributed by atoms with E-state index in [0.29, 0.717) is 12.5 Å². The third-order valence-electron chi connectivity index (χ3n) is 3.04. The molecular formula is C14H22O2S2. The van der Waals surface area contributed by atoms with E-state index in [2.05, 4.69) is 26.5 Å². The minimum absolute atomic E-state index is 0.226. The molecule has 0 N–H and O–H groups in total. The van der Waals surface area contributed by atoms with E-state index < -0.39 is 5.25 Å². The Labute approximate surface area is 119 Å². The van der Waals surface area contributed by atoms with Crippen LogP contribution in [0.1, 0.15) is 49.7 Å².